The Morgan fingerprint density at radius 3 is 2.71 bits per heavy atom. The molecule has 1 aliphatic heterocycles. The zero-order valence-electron chi connectivity index (χ0n) is 11.4. The van der Waals surface area contributed by atoms with Gasteiger partial charge in [0.25, 0.3) is 0 Å². The van der Waals surface area contributed by atoms with E-state index in [0.29, 0.717) is 11.8 Å². The summed E-state index contributed by atoms with van der Waals surface area (Å²) in [6.07, 6.45) is 5.65. The summed E-state index contributed by atoms with van der Waals surface area (Å²) in [6, 6.07) is 14.5. The second kappa shape index (κ2) is 5.08. The molecular weight excluding hydrogens is 301 g/mol. The minimum atomic E-state index is 0.243. The third kappa shape index (κ3) is 2.16. The summed E-state index contributed by atoms with van der Waals surface area (Å²) in [5, 5.41) is 5.30. The van der Waals surface area contributed by atoms with Crippen molar-refractivity contribution in [3.8, 4) is 0 Å². The first-order valence-electron chi connectivity index (χ1n) is 7.21. The maximum Gasteiger partial charge on any atom is 0.0568 e. The Labute approximate surface area is 134 Å². The first-order chi connectivity index (χ1) is 10.2. The van der Waals surface area contributed by atoms with Gasteiger partial charge in [0.2, 0.25) is 0 Å². The first kappa shape index (κ1) is 13.2. The van der Waals surface area contributed by atoms with Crippen LogP contribution in [0, 0.1) is 5.92 Å². The fourth-order valence-corrected chi connectivity index (χ4v) is 4.03. The monoisotopic (exact) mass is 315 g/mol. The lowest BCUT2D eigenvalue weighted by Gasteiger charge is -2.38. The number of benzene rings is 2. The maximum atomic E-state index is 6.42. The second-order valence-electron chi connectivity index (χ2n) is 5.73. The van der Waals surface area contributed by atoms with Crippen molar-refractivity contribution >= 4 is 28.9 Å². The molecular formula is C18H15Cl2N. The summed E-state index contributed by atoms with van der Waals surface area (Å²) in [4.78, 5) is 0. The van der Waals surface area contributed by atoms with Crippen LogP contribution in [0.2, 0.25) is 10.0 Å². The topological polar surface area (TPSA) is 12.0 Å². The SMILES string of the molecule is Clc1ccc2c(c1)[C@@H]1C=CC[C@H]1[C@@H](c1ccccc1Cl)N2. The highest BCUT2D eigenvalue weighted by molar-refractivity contribution is 6.31. The number of hydrogen-bond acceptors (Lipinski definition) is 1. The van der Waals surface area contributed by atoms with Gasteiger partial charge in [-0.25, -0.2) is 0 Å². The third-order valence-electron chi connectivity index (χ3n) is 4.57. The normalized spacial score (nSPS) is 26.1. The Balaban J connectivity index is 1.82. The van der Waals surface area contributed by atoms with Crippen molar-refractivity contribution in [2.45, 2.75) is 18.4 Å². The summed E-state index contributed by atoms with van der Waals surface area (Å²) in [7, 11) is 0. The molecule has 4 rings (SSSR count). The van der Waals surface area contributed by atoms with Crippen molar-refractivity contribution in [3.05, 3.63) is 75.8 Å². The van der Waals surface area contributed by atoms with E-state index >= 15 is 0 Å². The number of rotatable bonds is 1. The van der Waals surface area contributed by atoms with E-state index in [1.807, 2.05) is 18.2 Å². The van der Waals surface area contributed by atoms with Crippen LogP contribution < -0.4 is 5.32 Å². The molecule has 2 aromatic rings. The molecule has 0 spiro atoms. The van der Waals surface area contributed by atoms with Gasteiger partial charge in [0.15, 0.2) is 0 Å². The summed E-state index contributed by atoms with van der Waals surface area (Å²) >= 11 is 12.6. The molecule has 2 aliphatic rings. The van der Waals surface area contributed by atoms with E-state index in [-0.39, 0.29) is 6.04 Å². The van der Waals surface area contributed by atoms with Crippen molar-refractivity contribution in [1.29, 1.82) is 0 Å². The van der Waals surface area contributed by atoms with Crippen LogP contribution in [0.3, 0.4) is 0 Å². The number of fused-ring (bicyclic) bond motifs is 3. The maximum absolute atomic E-state index is 6.42. The molecule has 0 bridgehead atoms. The first-order valence-corrected chi connectivity index (χ1v) is 7.97. The Morgan fingerprint density at radius 1 is 1.00 bits per heavy atom. The average molecular weight is 316 g/mol. The predicted octanol–water partition coefficient (Wildman–Crippen LogP) is 5.82. The van der Waals surface area contributed by atoms with E-state index in [2.05, 4.69) is 41.7 Å². The summed E-state index contributed by atoms with van der Waals surface area (Å²) < 4.78 is 0. The molecule has 0 saturated carbocycles. The lowest BCUT2D eigenvalue weighted by atomic mass is 9.77. The molecule has 0 fully saturated rings. The molecule has 0 aromatic heterocycles. The van der Waals surface area contributed by atoms with Gasteiger partial charge >= 0.3 is 0 Å². The predicted molar refractivity (Wildman–Crippen MR) is 89.3 cm³/mol. The van der Waals surface area contributed by atoms with Crippen molar-refractivity contribution in [3.63, 3.8) is 0 Å². The van der Waals surface area contributed by atoms with Crippen molar-refractivity contribution in [2.75, 3.05) is 5.32 Å². The van der Waals surface area contributed by atoms with Crippen LogP contribution in [0.1, 0.15) is 29.5 Å². The van der Waals surface area contributed by atoms with Gasteiger partial charge in [0, 0.05) is 21.7 Å². The largest absolute Gasteiger partial charge is 0.378 e. The molecule has 1 nitrogen and oxygen atoms in total. The molecule has 0 unspecified atom stereocenters. The third-order valence-corrected chi connectivity index (χ3v) is 5.14. The van der Waals surface area contributed by atoms with E-state index < -0.39 is 0 Å². The Morgan fingerprint density at radius 2 is 1.86 bits per heavy atom. The molecule has 0 radical (unpaired) electrons. The smallest absolute Gasteiger partial charge is 0.0568 e. The summed E-state index contributed by atoms with van der Waals surface area (Å²) in [6.45, 7) is 0. The van der Waals surface area contributed by atoms with Gasteiger partial charge in [-0.05, 0) is 47.7 Å². The van der Waals surface area contributed by atoms with Gasteiger partial charge in [-0.15, -0.1) is 0 Å². The zero-order valence-corrected chi connectivity index (χ0v) is 12.9. The van der Waals surface area contributed by atoms with Crippen molar-refractivity contribution in [2.24, 2.45) is 5.92 Å². The lowest BCUT2D eigenvalue weighted by molar-refractivity contribution is 0.426. The van der Waals surface area contributed by atoms with Crippen molar-refractivity contribution < 1.29 is 0 Å². The molecule has 1 heterocycles. The Hall–Kier alpha value is -1.44. The van der Waals surface area contributed by atoms with E-state index in [1.165, 1.54) is 11.1 Å². The van der Waals surface area contributed by atoms with E-state index in [4.69, 9.17) is 23.2 Å². The van der Waals surface area contributed by atoms with Gasteiger partial charge < -0.3 is 5.32 Å². The van der Waals surface area contributed by atoms with E-state index in [9.17, 15) is 0 Å². The van der Waals surface area contributed by atoms with Gasteiger partial charge in [0.05, 0.1) is 6.04 Å². The van der Waals surface area contributed by atoms with Gasteiger partial charge in [-0.1, -0.05) is 53.6 Å². The van der Waals surface area contributed by atoms with Crippen LogP contribution in [0.15, 0.2) is 54.6 Å². The van der Waals surface area contributed by atoms with Crippen LogP contribution >= 0.6 is 23.2 Å². The van der Waals surface area contributed by atoms with Crippen LogP contribution in [0.4, 0.5) is 5.69 Å². The minimum Gasteiger partial charge on any atom is -0.378 e. The minimum absolute atomic E-state index is 0.243. The molecule has 106 valence electrons. The van der Waals surface area contributed by atoms with Crippen LogP contribution in [-0.4, -0.2) is 0 Å². The number of halogens is 2. The molecule has 0 amide bonds. The Kier molecular flexibility index (Phi) is 3.20. The fourth-order valence-electron chi connectivity index (χ4n) is 3.60. The van der Waals surface area contributed by atoms with Gasteiger partial charge in [-0.3, -0.25) is 0 Å². The molecule has 1 N–H and O–H groups in total. The average Bonchev–Trinajstić information content (AvgIpc) is 2.97. The van der Waals surface area contributed by atoms with Crippen LogP contribution in [0.25, 0.3) is 0 Å². The summed E-state index contributed by atoms with van der Waals surface area (Å²) in [5.41, 5.74) is 3.64. The number of nitrogens with one attached hydrogen (secondary N) is 1. The molecule has 21 heavy (non-hydrogen) atoms. The summed E-state index contributed by atoms with van der Waals surface area (Å²) in [5.74, 6) is 0.914. The van der Waals surface area contributed by atoms with Gasteiger partial charge in [0.1, 0.15) is 0 Å². The number of hydrogen-bond donors (Lipinski definition) is 1. The fraction of sp³-hybridized carbons (Fsp3) is 0.222. The van der Waals surface area contributed by atoms with Gasteiger partial charge in [-0.2, -0.15) is 0 Å². The highest BCUT2D eigenvalue weighted by atomic mass is 35.5. The molecule has 2 aromatic carbocycles. The lowest BCUT2D eigenvalue weighted by Crippen LogP contribution is -2.29. The molecule has 3 atom stereocenters. The zero-order chi connectivity index (χ0) is 14.4. The van der Waals surface area contributed by atoms with Crippen molar-refractivity contribution in [1.82, 2.24) is 0 Å². The van der Waals surface area contributed by atoms with E-state index in [1.54, 1.807) is 0 Å². The standard InChI is InChI=1S/C18H15Cl2N/c19-11-8-9-17-15(10-11)12-5-3-6-13(12)18(21-17)14-4-1-2-7-16(14)20/h1-5,7-10,12-13,18,21H,6H2/t12-,13-,18+/m1/s1. The highest BCUT2D eigenvalue weighted by Gasteiger charge is 2.38. The highest BCUT2D eigenvalue weighted by Crippen LogP contribution is 2.51. The molecule has 1 aliphatic carbocycles. The van der Waals surface area contributed by atoms with Crippen LogP contribution in [0.5, 0.6) is 0 Å². The number of allylic oxidation sites excluding steroid dienone is 2. The Bertz CT molecular complexity index is 723. The van der Waals surface area contributed by atoms with E-state index in [0.717, 1.165) is 22.2 Å². The molecule has 0 saturated heterocycles. The second-order valence-corrected chi connectivity index (χ2v) is 6.57. The quantitative estimate of drug-likeness (QED) is 0.654. The number of anilines is 1. The van der Waals surface area contributed by atoms with Crippen LogP contribution in [-0.2, 0) is 0 Å². The molecule has 3 heteroatoms.